The van der Waals surface area contributed by atoms with Crippen molar-refractivity contribution in [1.29, 1.82) is 0 Å². The molecule has 0 saturated carbocycles. The maximum atomic E-state index is 10.3. The van der Waals surface area contributed by atoms with Gasteiger partial charge in [-0.05, 0) is 24.6 Å². The number of aliphatic hydroxyl groups excluding tert-OH is 1. The van der Waals surface area contributed by atoms with E-state index in [0.717, 1.165) is 23.7 Å². The van der Waals surface area contributed by atoms with Gasteiger partial charge in [0.25, 0.3) is 0 Å². The van der Waals surface area contributed by atoms with Gasteiger partial charge in [-0.2, -0.15) is 0 Å². The molecule has 2 nitrogen and oxygen atoms in total. The number of rotatable bonds is 11. The first kappa shape index (κ1) is 20.2. The largest absolute Gasteiger partial charge is 0.411 e. The van der Waals surface area contributed by atoms with Gasteiger partial charge in [0.15, 0.2) is 8.32 Å². The molecule has 0 aliphatic carbocycles. The zero-order chi connectivity index (χ0) is 15.8. The Balaban J connectivity index is 5.00. The van der Waals surface area contributed by atoms with Gasteiger partial charge in [-0.1, -0.05) is 51.1 Å². The highest BCUT2D eigenvalue weighted by molar-refractivity contribution is 6.73. The van der Waals surface area contributed by atoms with Crippen LogP contribution in [0.1, 0.15) is 33.6 Å². The standard InChI is InChI=1S/C15H28Cl2O2Si/c1-6-20(7-2,8-3)19-15(9-12(4)11-16)14(18)10-13(5)17/h14-15,18H,4-11H2,1-3H3/t14?,15-/m0/s1. The van der Waals surface area contributed by atoms with E-state index in [2.05, 4.69) is 33.9 Å². The Hall–Kier alpha value is 0.197. The lowest BCUT2D eigenvalue weighted by Gasteiger charge is -2.35. The molecule has 0 rings (SSSR count). The van der Waals surface area contributed by atoms with Gasteiger partial charge in [0.05, 0.1) is 12.2 Å². The first-order chi connectivity index (χ1) is 9.33. The summed E-state index contributed by atoms with van der Waals surface area (Å²) in [7, 11) is -1.79. The van der Waals surface area contributed by atoms with E-state index in [-0.39, 0.29) is 6.10 Å². The van der Waals surface area contributed by atoms with E-state index in [1.54, 1.807) is 0 Å². The second kappa shape index (κ2) is 10.0. The molecule has 118 valence electrons. The van der Waals surface area contributed by atoms with Gasteiger partial charge in [0, 0.05) is 17.3 Å². The molecule has 1 N–H and O–H groups in total. The molecular formula is C15H28Cl2O2Si. The molecule has 0 aromatic rings. The third-order valence-electron chi connectivity index (χ3n) is 3.87. The topological polar surface area (TPSA) is 29.5 Å². The number of hydrogen-bond donors (Lipinski definition) is 1. The smallest absolute Gasteiger partial charge is 0.192 e. The summed E-state index contributed by atoms with van der Waals surface area (Å²) in [6.07, 6.45) is -0.0349. The maximum absolute atomic E-state index is 10.3. The number of hydrogen-bond acceptors (Lipinski definition) is 2. The van der Waals surface area contributed by atoms with E-state index >= 15 is 0 Å². The van der Waals surface area contributed by atoms with Crippen LogP contribution in [0, 0.1) is 0 Å². The number of aliphatic hydroxyl groups is 1. The predicted molar refractivity (Wildman–Crippen MR) is 92.2 cm³/mol. The molecule has 0 spiro atoms. The summed E-state index contributed by atoms with van der Waals surface area (Å²) in [5, 5.41) is 10.8. The quantitative estimate of drug-likeness (QED) is 0.324. The Morgan fingerprint density at radius 3 is 2.00 bits per heavy atom. The van der Waals surface area contributed by atoms with Gasteiger partial charge in [-0.25, -0.2) is 0 Å². The molecule has 0 aromatic carbocycles. The summed E-state index contributed by atoms with van der Waals surface area (Å²) < 4.78 is 6.39. The minimum Gasteiger partial charge on any atom is -0.411 e. The van der Waals surface area contributed by atoms with E-state index in [0.29, 0.717) is 23.8 Å². The van der Waals surface area contributed by atoms with Crippen LogP contribution in [0.3, 0.4) is 0 Å². The zero-order valence-corrected chi connectivity index (χ0v) is 15.4. The third kappa shape index (κ3) is 6.77. The Kier molecular flexibility index (Phi) is 10.1. The minimum atomic E-state index is -1.79. The molecule has 0 aliphatic rings. The van der Waals surface area contributed by atoms with Crippen LogP contribution in [0.25, 0.3) is 0 Å². The average molecular weight is 339 g/mol. The lowest BCUT2D eigenvalue weighted by molar-refractivity contribution is 0.0310. The molecule has 20 heavy (non-hydrogen) atoms. The van der Waals surface area contributed by atoms with Crippen LogP contribution < -0.4 is 0 Å². The molecule has 0 aliphatic heterocycles. The molecule has 0 saturated heterocycles. The van der Waals surface area contributed by atoms with Crippen LogP contribution in [-0.4, -0.2) is 31.5 Å². The third-order valence-corrected chi connectivity index (χ3v) is 9.07. The van der Waals surface area contributed by atoms with Crippen molar-refractivity contribution in [1.82, 2.24) is 0 Å². The van der Waals surface area contributed by atoms with Gasteiger partial charge in [0.1, 0.15) is 0 Å². The van der Waals surface area contributed by atoms with Gasteiger partial charge in [-0.15, -0.1) is 11.6 Å². The van der Waals surface area contributed by atoms with Crippen LogP contribution in [0.4, 0.5) is 0 Å². The molecule has 0 bridgehead atoms. The number of halogens is 2. The molecule has 0 fully saturated rings. The van der Waals surface area contributed by atoms with Gasteiger partial charge < -0.3 is 9.53 Å². The van der Waals surface area contributed by atoms with Crippen molar-refractivity contribution >= 4 is 31.5 Å². The molecule has 0 radical (unpaired) electrons. The Bertz CT molecular complexity index is 309. The predicted octanol–water partition coefficient (Wildman–Crippen LogP) is 5.07. The fourth-order valence-corrected chi connectivity index (χ4v) is 5.42. The van der Waals surface area contributed by atoms with Crippen LogP contribution in [-0.2, 0) is 4.43 Å². The highest BCUT2D eigenvalue weighted by Crippen LogP contribution is 2.28. The lowest BCUT2D eigenvalue weighted by Crippen LogP contribution is -2.44. The van der Waals surface area contributed by atoms with Crippen molar-refractivity contribution in [3.8, 4) is 0 Å². The van der Waals surface area contributed by atoms with Crippen molar-refractivity contribution in [3.05, 3.63) is 23.8 Å². The van der Waals surface area contributed by atoms with E-state index in [1.807, 2.05) is 0 Å². The van der Waals surface area contributed by atoms with Gasteiger partial charge in [-0.3, -0.25) is 0 Å². The fraction of sp³-hybridized carbons (Fsp3) is 0.733. The Morgan fingerprint density at radius 2 is 1.65 bits per heavy atom. The first-order valence-electron chi connectivity index (χ1n) is 7.25. The Morgan fingerprint density at radius 1 is 1.15 bits per heavy atom. The molecule has 0 aromatic heterocycles. The maximum Gasteiger partial charge on any atom is 0.192 e. The second-order valence-electron chi connectivity index (χ2n) is 5.28. The summed E-state index contributed by atoms with van der Waals surface area (Å²) in [4.78, 5) is 0. The van der Waals surface area contributed by atoms with Crippen molar-refractivity contribution in [2.45, 2.75) is 64.0 Å². The van der Waals surface area contributed by atoms with E-state index < -0.39 is 14.4 Å². The summed E-state index contributed by atoms with van der Waals surface area (Å²) in [6.45, 7) is 14.1. The zero-order valence-electron chi connectivity index (χ0n) is 12.9. The molecular weight excluding hydrogens is 311 g/mol. The minimum absolute atomic E-state index is 0.289. The van der Waals surface area contributed by atoms with Crippen LogP contribution in [0.15, 0.2) is 23.8 Å². The molecule has 5 heteroatoms. The van der Waals surface area contributed by atoms with E-state index in [9.17, 15) is 5.11 Å². The van der Waals surface area contributed by atoms with Crippen molar-refractivity contribution in [2.24, 2.45) is 0 Å². The fourth-order valence-electron chi connectivity index (χ4n) is 2.27. The first-order valence-corrected chi connectivity index (χ1v) is 10.7. The Labute approximate surface area is 134 Å². The molecule has 2 atom stereocenters. The highest BCUT2D eigenvalue weighted by atomic mass is 35.5. The second-order valence-corrected chi connectivity index (χ2v) is 10.8. The molecule has 0 heterocycles. The van der Waals surface area contributed by atoms with E-state index in [1.165, 1.54) is 0 Å². The van der Waals surface area contributed by atoms with Gasteiger partial charge in [0.2, 0.25) is 0 Å². The summed E-state index contributed by atoms with van der Waals surface area (Å²) in [6, 6.07) is 3.12. The molecule has 1 unspecified atom stereocenters. The van der Waals surface area contributed by atoms with Crippen molar-refractivity contribution < 1.29 is 9.53 Å². The normalized spacial score (nSPS) is 14.9. The monoisotopic (exact) mass is 338 g/mol. The van der Waals surface area contributed by atoms with Crippen LogP contribution >= 0.6 is 23.2 Å². The molecule has 0 amide bonds. The summed E-state index contributed by atoms with van der Waals surface area (Å²) in [5.74, 6) is 0.382. The van der Waals surface area contributed by atoms with Crippen LogP contribution in [0.5, 0.6) is 0 Å². The average Bonchev–Trinajstić information content (AvgIpc) is 2.42. The van der Waals surface area contributed by atoms with E-state index in [4.69, 9.17) is 27.6 Å². The summed E-state index contributed by atoms with van der Waals surface area (Å²) >= 11 is 11.6. The summed E-state index contributed by atoms with van der Waals surface area (Å²) in [5.41, 5.74) is 0.877. The lowest BCUT2D eigenvalue weighted by atomic mass is 10.0. The van der Waals surface area contributed by atoms with Crippen molar-refractivity contribution in [2.75, 3.05) is 5.88 Å². The van der Waals surface area contributed by atoms with Crippen LogP contribution in [0.2, 0.25) is 18.1 Å². The van der Waals surface area contributed by atoms with Gasteiger partial charge >= 0.3 is 0 Å². The SMILES string of the molecule is C=C(Cl)CC(O)[C@H](CC(=C)CCl)O[Si](CC)(CC)CC. The highest BCUT2D eigenvalue weighted by Gasteiger charge is 2.34. The van der Waals surface area contributed by atoms with Crippen molar-refractivity contribution in [3.63, 3.8) is 0 Å². The number of alkyl halides is 1.